The van der Waals surface area contributed by atoms with Gasteiger partial charge in [-0.3, -0.25) is 14.5 Å². The number of likely N-dealkylation sites (N-methyl/N-ethyl adjacent to an activating group) is 2. The van der Waals surface area contributed by atoms with Crippen LogP contribution < -0.4 is 5.32 Å². The van der Waals surface area contributed by atoms with Gasteiger partial charge in [0.25, 0.3) is 0 Å². The Kier molecular flexibility index (Phi) is 7.45. The molecule has 2 rings (SSSR count). The number of carbonyl (C=O) groups is 2. The van der Waals surface area contributed by atoms with Gasteiger partial charge in [0.15, 0.2) is 0 Å². The zero-order valence-electron chi connectivity index (χ0n) is 15.0. The minimum Gasteiger partial charge on any atom is -0.480 e. The number of amides is 1. The standard InChI is InChI=1S/C17H32N4O3/c1-3-19-7-9-20(10-8-19)6-5-16(22)18-14-11-15(12-14)21(4-2)13-17(23)24/h14-15H,3-13H2,1-2H3,(H,18,22)(H,23,24). The van der Waals surface area contributed by atoms with E-state index in [0.717, 1.165) is 58.7 Å². The fourth-order valence-corrected chi connectivity index (χ4v) is 3.57. The number of nitrogens with one attached hydrogen (secondary N) is 1. The van der Waals surface area contributed by atoms with E-state index in [1.54, 1.807) is 0 Å². The quantitative estimate of drug-likeness (QED) is 0.619. The van der Waals surface area contributed by atoms with Crippen LogP contribution >= 0.6 is 0 Å². The summed E-state index contributed by atoms with van der Waals surface area (Å²) in [6.45, 7) is 11.2. The lowest BCUT2D eigenvalue weighted by Gasteiger charge is -2.42. The molecule has 2 fully saturated rings. The maximum Gasteiger partial charge on any atom is 0.317 e. The highest BCUT2D eigenvalue weighted by Gasteiger charge is 2.34. The van der Waals surface area contributed by atoms with E-state index in [0.29, 0.717) is 12.5 Å². The second kappa shape index (κ2) is 9.34. The first-order valence-corrected chi connectivity index (χ1v) is 9.21. The Labute approximate surface area is 145 Å². The number of carboxylic acids is 1. The lowest BCUT2D eigenvalue weighted by molar-refractivity contribution is -0.139. The number of carboxylic acid groups (broad SMARTS) is 1. The van der Waals surface area contributed by atoms with Gasteiger partial charge in [0.05, 0.1) is 6.54 Å². The molecule has 0 bridgehead atoms. The Morgan fingerprint density at radius 3 is 2.29 bits per heavy atom. The van der Waals surface area contributed by atoms with E-state index in [1.165, 1.54) is 0 Å². The lowest BCUT2D eigenvalue weighted by atomic mass is 9.85. The number of carbonyl (C=O) groups excluding carboxylic acids is 1. The summed E-state index contributed by atoms with van der Waals surface area (Å²) in [7, 11) is 0. The maximum absolute atomic E-state index is 12.1. The van der Waals surface area contributed by atoms with E-state index >= 15 is 0 Å². The predicted molar refractivity (Wildman–Crippen MR) is 93.0 cm³/mol. The molecule has 1 amide bonds. The summed E-state index contributed by atoms with van der Waals surface area (Å²) in [5, 5.41) is 12.0. The van der Waals surface area contributed by atoms with Crippen molar-refractivity contribution < 1.29 is 14.7 Å². The van der Waals surface area contributed by atoms with Gasteiger partial charge in [-0.15, -0.1) is 0 Å². The number of nitrogens with zero attached hydrogens (tertiary/aromatic N) is 3. The molecule has 0 radical (unpaired) electrons. The molecule has 1 saturated heterocycles. The summed E-state index contributed by atoms with van der Waals surface area (Å²) >= 11 is 0. The van der Waals surface area contributed by atoms with Gasteiger partial charge in [0, 0.05) is 51.2 Å². The van der Waals surface area contributed by atoms with Gasteiger partial charge in [-0.2, -0.15) is 0 Å². The highest BCUT2D eigenvalue weighted by Crippen LogP contribution is 2.25. The van der Waals surface area contributed by atoms with Gasteiger partial charge in [-0.05, 0) is 25.9 Å². The summed E-state index contributed by atoms with van der Waals surface area (Å²) in [5.74, 6) is -0.662. The molecule has 0 spiro atoms. The van der Waals surface area contributed by atoms with Crippen LogP contribution in [0, 0.1) is 0 Å². The molecule has 7 heteroatoms. The average molecular weight is 340 g/mol. The monoisotopic (exact) mass is 340 g/mol. The van der Waals surface area contributed by atoms with Crippen LogP contribution in [0.1, 0.15) is 33.1 Å². The van der Waals surface area contributed by atoms with Crippen molar-refractivity contribution in [2.75, 3.05) is 52.4 Å². The molecule has 1 aliphatic carbocycles. The Balaban J connectivity index is 1.58. The van der Waals surface area contributed by atoms with Crippen LogP contribution in [0.4, 0.5) is 0 Å². The number of piperazine rings is 1. The third-order valence-electron chi connectivity index (χ3n) is 5.31. The van der Waals surface area contributed by atoms with Crippen LogP contribution in [0.5, 0.6) is 0 Å². The van der Waals surface area contributed by atoms with Gasteiger partial charge in [-0.1, -0.05) is 13.8 Å². The second-order valence-electron chi connectivity index (χ2n) is 6.87. The Morgan fingerprint density at radius 1 is 1.12 bits per heavy atom. The molecule has 2 N–H and O–H groups in total. The van der Waals surface area contributed by atoms with E-state index < -0.39 is 5.97 Å². The van der Waals surface area contributed by atoms with Gasteiger partial charge in [-0.25, -0.2) is 0 Å². The van der Waals surface area contributed by atoms with E-state index in [4.69, 9.17) is 5.11 Å². The molecule has 0 atom stereocenters. The van der Waals surface area contributed by atoms with Crippen LogP contribution in [0.2, 0.25) is 0 Å². The number of aliphatic carboxylic acids is 1. The molecule has 2 aliphatic rings. The van der Waals surface area contributed by atoms with E-state index in [-0.39, 0.29) is 18.5 Å². The molecule has 24 heavy (non-hydrogen) atoms. The van der Waals surface area contributed by atoms with Crippen molar-refractivity contribution in [3.05, 3.63) is 0 Å². The Bertz CT molecular complexity index is 418. The summed E-state index contributed by atoms with van der Waals surface area (Å²) in [4.78, 5) is 29.7. The normalized spacial score (nSPS) is 25.5. The van der Waals surface area contributed by atoms with E-state index in [9.17, 15) is 9.59 Å². The van der Waals surface area contributed by atoms with Crippen molar-refractivity contribution in [1.82, 2.24) is 20.0 Å². The summed E-state index contributed by atoms with van der Waals surface area (Å²) < 4.78 is 0. The zero-order chi connectivity index (χ0) is 17.5. The van der Waals surface area contributed by atoms with Crippen LogP contribution in [0.25, 0.3) is 0 Å². The average Bonchev–Trinajstić information content (AvgIpc) is 2.54. The van der Waals surface area contributed by atoms with Crippen molar-refractivity contribution in [1.29, 1.82) is 0 Å². The number of rotatable bonds is 9. The lowest BCUT2D eigenvalue weighted by Crippen LogP contribution is -2.55. The molecule has 0 aromatic heterocycles. The molecule has 7 nitrogen and oxygen atoms in total. The van der Waals surface area contributed by atoms with Crippen LogP contribution in [0.15, 0.2) is 0 Å². The van der Waals surface area contributed by atoms with E-state index in [2.05, 4.69) is 22.0 Å². The second-order valence-corrected chi connectivity index (χ2v) is 6.87. The van der Waals surface area contributed by atoms with Crippen molar-refractivity contribution in [3.63, 3.8) is 0 Å². The molecule has 0 aromatic carbocycles. The van der Waals surface area contributed by atoms with Crippen molar-refractivity contribution in [2.45, 2.75) is 45.2 Å². The van der Waals surface area contributed by atoms with Gasteiger partial charge in [0.1, 0.15) is 0 Å². The highest BCUT2D eigenvalue weighted by atomic mass is 16.4. The molecular formula is C17H32N4O3. The number of hydrogen-bond donors (Lipinski definition) is 2. The van der Waals surface area contributed by atoms with Crippen molar-refractivity contribution >= 4 is 11.9 Å². The fourth-order valence-electron chi connectivity index (χ4n) is 3.57. The third-order valence-corrected chi connectivity index (χ3v) is 5.31. The summed E-state index contributed by atoms with van der Waals surface area (Å²) in [5.41, 5.74) is 0. The summed E-state index contributed by atoms with van der Waals surface area (Å²) in [6, 6.07) is 0.501. The van der Waals surface area contributed by atoms with Crippen molar-refractivity contribution in [3.8, 4) is 0 Å². The molecule has 138 valence electrons. The third kappa shape index (κ3) is 5.72. The van der Waals surface area contributed by atoms with Gasteiger partial charge < -0.3 is 20.2 Å². The molecule has 1 saturated carbocycles. The maximum atomic E-state index is 12.1. The van der Waals surface area contributed by atoms with Crippen molar-refractivity contribution in [2.24, 2.45) is 0 Å². The summed E-state index contributed by atoms with van der Waals surface area (Å²) in [6.07, 6.45) is 2.28. The van der Waals surface area contributed by atoms with Crippen LogP contribution in [-0.4, -0.2) is 96.1 Å². The first kappa shape index (κ1) is 19.1. The zero-order valence-corrected chi connectivity index (χ0v) is 15.0. The Morgan fingerprint density at radius 2 is 1.75 bits per heavy atom. The first-order chi connectivity index (χ1) is 11.5. The Hall–Kier alpha value is -1.18. The smallest absolute Gasteiger partial charge is 0.317 e. The minimum atomic E-state index is -0.785. The van der Waals surface area contributed by atoms with Gasteiger partial charge in [0.2, 0.25) is 5.91 Å². The van der Waals surface area contributed by atoms with Crippen LogP contribution in [0.3, 0.4) is 0 Å². The molecule has 1 heterocycles. The number of hydrogen-bond acceptors (Lipinski definition) is 5. The minimum absolute atomic E-state index is 0.0889. The van der Waals surface area contributed by atoms with Crippen LogP contribution in [-0.2, 0) is 9.59 Å². The molecule has 0 unspecified atom stereocenters. The topological polar surface area (TPSA) is 76.1 Å². The molecule has 0 aromatic rings. The fraction of sp³-hybridized carbons (Fsp3) is 0.882. The largest absolute Gasteiger partial charge is 0.480 e. The SMILES string of the molecule is CCN1CCN(CCC(=O)NC2CC(N(CC)CC(=O)O)C2)CC1. The van der Waals surface area contributed by atoms with E-state index in [1.807, 2.05) is 11.8 Å². The highest BCUT2D eigenvalue weighted by molar-refractivity contribution is 5.76. The first-order valence-electron chi connectivity index (χ1n) is 9.21. The molecular weight excluding hydrogens is 308 g/mol. The van der Waals surface area contributed by atoms with Gasteiger partial charge >= 0.3 is 5.97 Å². The molecule has 1 aliphatic heterocycles. The predicted octanol–water partition coefficient (Wildman–Crippen LogP) is 0.0677.